The van der Waals surface area contributed by atoms with Gasteiger partial charge in [-0.2, -0.15) is 0 Å². The van der Waals surface area contributed by atoms with E-state index in [1.54, 1.807) is 0 Å². The minimum atomic E-state index is -5.13. The maximum Gasteiger partial charge on any atom is 0.573 e. The molecule has 0 radical (unpaired) electrons. The van der Waals surface area contributed by atoms with Crippen LogP contribution in [0.25, 0.3) is 0 Å². The minimum absolute atomic E-state index is 0.0978. The van der Waals surface area contributed by atoms with E-state index >= 15 is 0 Å². The van der Waals surface area contributed by atoms with Gasteiger partial charge in [0.2, 0.25) is 0 Å². The maximum absolute atomic E-state index is 12.5. The predicted molar refractivity (Wildman–Crippen MR) is 80.5 cm³/mol. The van der Waals surface area contributed by atoms with Gasteiger partial charge in [-0.15, -0.1) is 13.2 Å². The van der Waals surface area contributed by atoms with E-state index in [4.69, 9.17) is 10.8 Å². The molecule has 0 unspecified atom stereocenters. The lowest BCUT2D eigenvalue weighted by molar-refractivity contribution is -0.275. The monoisotopic (exact) mass is 386 g/mol. The van der Waals surface area contributed by atoms with Crippen LogP contribution in [0.4, 0.5) is 13.2 Å². The molecule has 0 amide bonds. The molecule has 1 aromatic rings. The number of rotatable bonds is 9. The number of hydrogen-bond donors (Lipinski definition) is 4. The summed E-state index contributed by atoms with van der Waals surface area (Å²) >= 11 is 0. The molecule has 140 valence electrons. The van der Waals surface area contributed by atoms with Gasteiger partial charge in [0.05, 0.1) is 5.56 Å². The van der Waals surface area contributed by atoms with Crippen LogP contribution in [-0.4, -0.2) is 52.1 Å². The van der Waals surface area contributed by atoms with Crippen molar-refractivity contribution in [2.75, 3.05) is 19.3 Å². The van der Waals surface area contributed by atoms with Crippen LogP contribution in [0.1, 0.15) is 16.8 Å². The van der Waals surface area contributed by atoms with Crippen molar-refractivity contribution in [2.24, 2.45) is 5.73 Å². The van der Waals surface area contributed by atoms with Crippen molar-refractivity contribution < 1.29 is 47.1 Å². The van der Waals surface area contributed by atoms with Crippen LogP contribution in [0.3, 0.4) is 0 Å². The minimum Gasteiger partial charge on any atom is -0.479 e. The van der Waals surface area contributed by atoms with Gasteiger partial charge in [-0.25, -0.2) is 19.4 Å². The van der Waals surface area contributed by atoms with Gasteiger partial charge in [-0.3, -0.25) is 0 Å². The van der Waals surface area contributed by atoms with Crippen LogP contribution in [-0.2, 0) is 4.79 Å². The van der Waals surface area contributed by atoms with E-state index in [0.717, 1.165) is 12.1 Å². The molecule has 0 heterocycles. The third-order valence-electron chi connectivity index (χ3n) is 2.77. The van der Waals surface area contributed by atoms with Crippen LogP contribution in [0.5, 0.6) is 11.5 Å². The molecule has 0 aromatic heterocycles. The fraction of sp³-hybridized carbons (Fsp3) is 0.385. The number of ether oxygens (including phenoxy) is 2. The Morgan fingerprint density at radius 3 is 2.36 bits per heavy atom. The number of halogens is 3. The summed E-state index contributed by atoms with van der Waals surface area (Å²) in [4.78, 5) is 42.2. The van der Waals surface area contributed by atoms with Crippen LogP contribution < -0.4 is 15.2 Å². The van der Waals surface area contributed by atoms with E-state index in [1.807, 2.05) is 0 Å². The topological polar surface area (TPSA) is 139 Å². The lowest BCUT2D eigenvalue weighted by Crippen LogP contribution is -2.19. The maximum atomic E-state index is 12.5. The van der Waals surface area contributed by atoms with E-state index in [1.165, 1.54) is 0 Å². The van der Waals surface area contributed by atoms with E-state index in [-0.39, 0.29) is 19.1 Å². The number of benzene rings is 1. The van der Waals surface area contributed by atoms with Gasteiger partial charge in [-0.05, 0) is 31.2 Å². The molecule has 1 aromatic carbocycles. The third-order valence-corrected chi connectivity index (χ3v) is 4.62. The predicted octanol–water partition coefficient (Wildman–Crippen LogP) is 1.37. The van der Waals surface area contributed by atoms with Gasteiger partial charge in [0.15, 0.2) is 18.1 Å². The van der Waals surface area contributed by atoms with Crippen molar-refractivity contribution in [2.45, 2.75) is 12.8 Å². The highest BCUT2D eigenvalue weighted by molar-refractivity contribution is 7.81. The zero-order chi connectivity index (χ0) is 19.3. The molecular weight excluding hydrogens is 370 g/mol. The average molecular weight is 386 g/mol. The molecule has 5 N–H and O–H groups in total. The summed E-state index contributed by atoms with van der Waals surface area (Å²) in [6.07, 6.45) is -5.31. The quantitative estimate of drug-likeness (QED) is 0.467. The first-order valence-corrected chi connectivity index (χ1v) is 8.67. The second-order valence-corrected chi connectivity index (χ2v) is 7.11. The zero-order valence-electron chi connectivity index (χ0n) is 12.7. The molecule has 1 rings (SSSR count). The Morgan fingerprint density at radius 2 is 1.84 bits per heavy atom. The first kappa shape index (κ1) is 21.1. The fourth-order valence-corrected chi connectivity index (χ4v) is 3.10. The summed E-state index contributed by atoms with van der Waals surface area (Å²) in [5, 5.41) is 8.52. The Morgan fingerprint density at radius 1 is 1.20 bits per heavy atom. The molecule has 0 aliphatic heterocycles. The van der Waals surface area contributed by atoms with E-state index in [0.29, 0.717) is 6.07 Å². The number of carboxylic acid groups (broad SMARTS) is 1. The summed E-state index contributed by atoms with van der Waals surface area (Å²) in [6, 6.07) is 2.46. The Hall–Kier alpha value is -1.94. The van der Waals surface area contributed by atoms with E-state index in [2.05, 4.69) is 9.47 Å². The fourth-order valence-electron chi connectivity index (χ4n) is 1.72. The van der Waals surface area contributed by atoms with Crippen molar-refractivity contribution in [3.05, 3.63) is 23.8 Å². The third kappa shape index (κ3) is 6.83. The molecule has 0 bridgehead atoms. The van der Waals surface area contributed by atoms with Crippen molar-refractivity contribution in [3.8, 4) is 11.5 Å². The van der Waals surface area contributed by atoms with Gasteiger partial charge in [0.25, 0.3) is 0 Å². The largest absolute Gasteiger partial charge is 0.573 e. The molecule has 0 fully saturated rings. The summed E-state index contributed by atoms with van der Waals surface area (Å²) in [6.45, 7) is -0.838. The van der Waals surface area contributed by atoms with Gasteiger partial charge in [0, 0.05) is 0 Å². The van der Waals surface area contributed by atoms with Crippen molar-refractivity contribution >= 4 is 19.2 Å². The summed E-state index contributed by atoms with van der Waals surface area (Å²) < 4.78 is 45.8. The molecule has 12 heteroatoms. The highest BCUT2D eigenvalue weighted by Crippen LogP contribution is 2.53. The highest BCUT2D eigenvalue weighted by atomic mass is 31.2. The standard InChI is InChI=1S/C13H15F3NO7P/c14-13(15,16)24-10-6-8(2-3-9(10)23-7-11(18)19)12(20)25(21,22)5-1-4-17/h2-3,6,21-22H,1,4-5,7,17H2/p+1. The van der Waals surface area contributed by atoms with Gasteiger partial charge >= 0.3 is 25.6 Å². The molecule has 0 saturated carbocycles. The number of nitrogens with two attached hydrogens (primary N) is 1. The molecule has 0 aliphatic carbocycles. The highest BCUT2D eigenvalue weighted by Gasteiger charge is 2.44. The smallest absolute Gasteiger partial charge is 0.479 e. The lowest BCUT2D eigenvalue weighted by atomic mass is 10.2. The molecule has 8 nitrogen and oxygen atoms in total. The van der Waals surface area contributed by atoms with Crippen molar-refractivity contribution in [1.29, 1.82) is 0 Å². The number of carbonyl (C=O) groups is 2. The average Bonchev–Trinajstić information content (AvgIpc) is 2.49. The molecule has 0 spiro atoms. The number of aliphatic carboxylic acids is 1. The molecular formula is C13H16F3NO7P+. The number of carboxylic acids is 1. The molecule has 0 saturated heterocycles. The Bertz CT molecular complexity index is 637. The van der Waals surface area contributed by atoms with E-state index in [9.17, 15) is 32.5 Å². The Labute approximate surface area is 140 Å². The first-order valence-electron chi connectivity index (χ1n) is 6.79. The van der Waals surface area contributed by atoms with Crippen molar-refractivity contribution in [1.82, 2.24) is 0 Å². The first-order chi connectivity index (χ1) is 11.5. The van der Waals surface area contributed by atoms with Crippen LogP contribution in [0, 0.1) is 0 Å². The van der Waals surface area contributed by atoms with E-state index < -0.39 is 49.2 Å². The van der Waals surface area contributed by atoms with Crippen molar-refractivity contribution in [3.63, 3.8) is 0 Å². The van der Waals surface area contributed by atoms with Gasteiger partial charge < -0.3 is 20.3 Å². The number of hydrogen-bond acceptors (Lipinski definition) is 7. The van der Waals surface area contributed by atoms with Gasteiger partial charge in [0.1, 0.15) is 6.16 Å². The number of alkyl halides is 3. The van der Waals surface area contributed by atoms with Crippen LogP contribution in [0.15, 0.2) is 18.2 Å². The van der Waals surface area contributed by atoms with Crippen LogP contribution >= 0.6 is 7.72 Å². The Balaban J connectivity index is 3.15. The van der Waals surface area contributed by atoms with Crippen LogP contribution in [0.2, 0.25) is 0 Å². The summed E-state index contributed by atoms with van der Waals surface area (Å²) in [5.41, 5.74) is 3.62. The SMILES string of the molecule is NCCC[P+](O)(O)C(=O)c1ccc(OCC(=O)O)c(OC(F)(F)F)c1. The molecule has 0 aliphatic rings. The van der Waals surface area contributed by atoms with Gasteiger partial charge in [-0.1, -0.05) is 0 Å². The Kier molecular flexibility index (Phi) is 7.12. The number of carbonyl (C=O) groups excluding carboxylic acids is 1. The molecule has 25 heavy (non-hydrogen) atoms. The zero-order valence-corrected chi connectivity index (χ0v) is 13.6. The molecule has 0 atom stereocenters. The lowest BCUT2D eigenvalue weighted by Gasteiger charge is -2.15. The summed E-state index contributed by atoms with van der Waals surface area (Å²) in [5.74, 6) is -2.98. The summed E-state index contributed by atoms with van der Waals surface area (Å²) in [7, 11) is -4.08. The second kappa shape index (κ2) is 8.43. The normalized spacial score (nSPS) is 11.9. The second-order valence-electron chi connectivity index (χ2n) is 4.79.